The summed E-state index contributed by atoms with van der Waals surface area (Å²) in [6.45, 7) is 3.95. The van der Waals surface area contributed by atoms with Crippen LogP contribution in [0.5, 0.6) is 0 Å². The lowest BCUT2D eigenvalue weighted by Gasteiger charge is -2.20. The fourth-order valence-electron chi connectivity index (χ4n) is 7.90. The smallest absolute Gasteiger partial charge is 0.472 e. The number of carbonyl (C=O) groups is 2. The summed E-state index contributed by atoms with van der Waals surface area (Å²) in [7, 11) is -4.62. The van der Waals surface area contributed by atoms with Crippen molar-refractivity contribution in [3.05, 3.63) is 12.2 Å². The first-order chi connectivity index (χ1) is 30.7. The van der Waals surface area contributed by atoms with Gasteiger partial charge in [-0.15, -0.1) is 0 Å². The average molecular weight is 916 g/mol. The Kier molecular flexibility index (Phi) is 47.6. The van der Waals surface area contributed by atoms with Gasteiger partial charge in [0.05, 0.1) is 19.8 Å². The van der Waals surface area contributed by atoms with Crippen LogP contribution in [0.3, 0.4) is 0 Å². The molecule has 10 nitrogen and oxygen atoms in total. The highest BCUT2D eigenvalue weighted by Crippen LogP contribution is 2.43. The number of aliphatic carboxylic acids is 1. The van der Waals surface area contributed by atoms with Gasteiger partial charge < -0.3 is 25.2 Å². The monoisotopic (exact) mass is 916 g/mol. The SMILES string of the molecule is CCCCCCCCCC/C=C\CCCCCCCCCCCCCC(=O)OC(COCCCCCCCCCCCCCCCCCCCC)COP(=O)(O)OCC(N)C(=O)O. The van der Waals surface area contributed by atoms with Crippen LogP contribution in [0.1, 0.15) is 271 Å². The van der Waals surface area contributed by atoms with Gasteiger partial charge in [-0.2, -0.15) is 0 Å². The fourth-order valence-corrected chi connectivity index (χ4v) is 8.67. The summed E-state index contributed by atoms with van der Waals surface area (Å²) in [5.41, 5.74) is 5.38. The minimum atomic E-state index is -4.62. The van der Waals surface area contributed by atoms with E-state index in [0.717, 1.165) is 38.5 Å². The molecule has 3 atom stereocenters. The van der Waals surface area contributed by atoms with Crippen molar-refractivity contribution in [1.82, 2.24) is 0 Å². The molecule has 0 spiro atoms. The molecule has 0 aromatic heterocycles. The van der Waals surface area contributed by atoms with Gasteiger partial charge >= 0.3 is 19.8 Å². The second kappa shape index (κ2) is 48.6. The molecule has 374 valence electrons. The van der Waals surface area contributed by atoms with E-state index < -0.39 is 45.1 Å². The molecule has 0 saturated carbocycles. The Morgan fingerprint density at radius 3 is 1.21 bits per heavy atom. The van der Waals surface area contributed by atoms with Gasteiger partial charge in [0.15, 0.2) is 0 Å². The van der Waals surface area contributed by atoms with E-state index in [1.54, 1.807) is 0 Å². The van der Waals surface area contributed by atoms with Crippen LogP contribution in [0.15, 0.2) is 12.2 Å². The Labute approximate surface area is 388 Å². The Hall–Kier alpha value is -1.29. The van der Waals surface area contributed by atoms with E-state index in [1.165, 1.54) is 212 Å². The molecule has 0 aromatic rings. The fraction of sp³-hybridized carbons (Fsp3) is 0.923. The van der Waals surface area contributed by atoms with E-state index in [1.807, 2.05) is 0 Å². The quantitative estimate of drug-likeness (QED) is 0.0232. The van der Waals surface area contributed by atoms with E-state index >= 15 is 0 Å². The molecule has 0 radical (unpaired) electrons. The highest BCUT2D eigenvalue weighted by atomic mass is 31.2. The first kappa shape index (κ1) is 61.7. The molecule has 0 aliphatic rings. The van der Waals surface area contributed by atoms with Gasteiger partial charge in [-0.1, -0.05) is 238 Å². The molecule has 0 aliphatic carbocycles. The standard InChI is InChI=1S/C52H102NO9P/c1-3-5-7-9-11-13-15-17-19-21-23-24-25-26-27-28-30-32-34-36-38-40-42-44-51(54)62-49(47-60-63(57,58)61-48-50(53)52(55)56)46-59-45-43-41-39-37-35-33-31-29-22-20-18-16-14-12-10-8-6-4-2/h21,23,49-50H,3-20,22,24-48,53H2,1-2H3,(H,55,56)(H,57,58)/b23-21-. The topological polar surface area (TPSA) is 155 Å². The Balaban J connectivity index is 4.07. The molecule has 0 aliphatic heterocycles. The highest BCUT2D eigenvalue weighted by molar-refractivity contribution is 7.47. The molecule has 0 rings (SSSR count). The van der Waals surface area contributed by atoms with Gasteiger partial charge in [0.25, 0.3) is 0 Å². The molecular weight excluding hydrogens is 814 g/mol. The van der Waals surface area contributed by atoms with Crippen LogP contribution in [-0.4, -0.2) is 60.5 Å². The van der Waals surface area contributed by atoms with Crippen LogP contribution in [0.2, 0.25) is 0 Å². The maximum atomic E-state index is 12.7. The Morgan fingerprint density at radius 2 is 0.825 bits per heavy atom. The van der Waals surface area contributed by atoms with Gasteiger partial charge in [-0.25, -0.2) is 4.57 Å². The van der Waals surface area contributed by atoms with Gasteiger partial charge in [-0.05, 0) is 38.5 Å². The third kappa shape index (κ3) is 48.5. The summed E-state index contributed by atoms with van der Waals surface area (Å²) in [6, 6.07) is -1.47. The van der Waals surface area contributed by atoms with Crippen LogP contribution in [0.25, 0.3) is 0 Å². The van der Waals surface area contributed by atoms with Crippen molar-refractivity contribution in [3.63, 3.8) is 0 Å². The van der Waals surface area contributed by atoms with E-state index in [9.17, 15) is 19.0 Å². The largest absolute Gasteiger partial charge is 0.480 e. The molecule has 0 fully saturated rings. The lowest BCUT2D eigenvalue weighted by atomic mass is 10.0. The van der Waals surface area contributed by atoms with Gasteiger partial charge in [0.2, 0.25) is 0 Å². The summed E-state index contributed by atoms with van der Waals surface area (Å²) in [5.74, 6) is -1.76. The summed E-state index contributed by atoms with van der Waals surface area (Å²) in [4.78, 5) is 33.7. The summed E-state index contributed by atoms with van der Waals surface area (Å²) in [5, 5.41) is 8.93. The molecule has 0 heterocycles. The van der Waals surface area contributed by atoms with Crippen molar-refractivity contribution in [3.8, 4) is 0 Å². The number of esters is 1. The molecule has 0 amide bonds. The van der Waals surface area contributed by atoms with Crippen molar-refractivity contribution in [1.29, 1.82) is 0 Å². The molecule has 0 saturated heterocycles. The highest BCUT2D eigenvalue weighted by Gasteiger charge is 2.27. The lowest BCUT2D eigenvalue weighted by molar-refractivity contribution is -0.154. The normalized spacial score (nSPS) is 13.7. The minimum absolute atomic E-state index is 0.0236. The third-order valence-electron chi connectivity index (χ3n) is 12.0. The number of phosphoric acid groups is 1. The summed E-state index contributed by atoms with van der Waals surface area (Å²) >= 11 is 0. The molecule has 4 N–H and O–H groups in total. The van der Waals surface area contributed by atoms with E-state index in [-0.39, 0.29) is 13.0 Å². The minimum Gasteiger partial charge on any atom is -0.480 e. The predicted octanol–water partition coefficient (Wildman–Crippen LogP) is 15.7. The second-order valence-electron chi connectivity index (χ2n) is 18.4. The lowest BCUT2D eigenvalue weighted by Crippen LogP contribution is -2.34. The van der Waals surface area contributed by atoms with Crippen LogP contribution in [0.4, 0.5) is 0 Å². The van der Waals surface area contributed by atoms with Crippen molar-refractivity contribution in [2.75, 3.05) is 26.4 Å². The number of hydrogen-bond acceptors (Lipinski definition) is 8. The zero-order valence-electron chi connectivity index (χ0n) is 41.2. The van der Waals surface area contributed by atoms with E-state index in [4.69, 9.17) is 29.4 Å². The van der Waals surface area contributed by atoms with Crippen molar-refractivity contribution in [2.24, 2.45) is 5.73 Å². The Bertz CT molecular complexity index is 1060. The van der Waals surface area contributed by atoms with Gasteiger partial charge in [0.1, 0.15) is 12.1 Å². The zero-order valence-corrected chi connectivity index (χ0v) is 42.1. The second-order valence-corrected chi connectivity index (χ2v) is 19.8. The number of carboxylic acids is 1. The molecule has 63 heavy (non-hydrogen) atoms. The maximum Gasteiger partial charge on any atom is 0.472 e. The van der Waals surface area contributed by atoms with E-state index in [0.29, 0.717) is 6.61 Å². The number of nitrogens with two attached hydrogens (primary N) is 1. The molecule has 11 heteroatoms. The van der Waals surface area contributed by atoms with Crippen LogP contribution < -0.4 is 5.73 Å². The summed E-state index contributed by atoms with van der Waals surface area (Å²) < 4.78 is 33.5. The summed E-state index contributed by atoms with van der Waals surface area (Å²) in [6.07, 6.45) is 54.1. The number of unbranched alkanes of at least 4 members (excludes halogenated alkanes) is 36. The number of carbonyl (C=O) groups excluding carboxylic acids is 1. The van der Waals surface area contributed by atoms with Crippen molar-refractivity contribution < 1.29 is 42.7 Å². The van der Waals surface area contributed by atoms with Crippen molar-refractivity contribution >= 4 is 19.8 Å². The number of hydrogen-bond donors (Lipinski definition) is 3. The van der Waals surface area contributed by atoms with Crippen LogP contribution in [0, 0.1) is 0 Å². The number of phosphoric ester groups is 1. The van der Waals surface area contributed by atoms with Crippen LogP contribution >= 0.6 is 7.82 Å². The Morgan fingerprint density at radius 1 is 0.492 bits per heavy atom. The van der Waals surface area contributed by atoms with E-state index in [2.05, 4.69) is 26.0 Å². The van der Waals surface area contributed by atoms with Gasteiger partial charge in [-0.3, -0.25) is 18.6 Å². The molecule has 0 aromatic carbocycles. The predicted molar refractivity (Wildman–Crippen MR) is 263 cm³/mol. The number of ether oxygens (including phenoxy) is 2. The maximum absolute atomic E-state index is 12.7. The third-order valence-corrected chi connectivity index (χ3v) is 13.0. The number of rotatable bonds is 52. The van der Waals surface area contributed by atoms with Crippen LogP contribution in [-0.2, 0) is 32.7 Å². The average Bonchev–Trinajstić information content (AvgIpc) is 3.26. The number of allylic oxidation sites excluding steroid dienone is 2. The van der Waals surface area contributed by atoms with Crippen molar-refractivity contribution in [2.45, 2.75) is 283 Å². The first-order valence-electron chi connectivity index (χ1n) is 26.7. The molecular formula is C52H102NO9P. The number of carboxylic acid groups (broad SMARTS) is 1. The molecule has 3 unspecified atom stereocenters. The first-order valence-corrected chi connectivity index (χ1v) is 28.2. The molecule has 0 bridgehead atoms. The van der Waals surface area contributed by atoms with Gasteiger partial charge in [0, 0.05) is 13.0 Å². The zero-order chi connectivity index (χ0) is 46.2.